The van der Waals surface area contributed by atoms with E-state index in [2.05, 4.69) is 37.8 Å². The van der Waals surface area contributed by atoms with E-state index in [9.17, 15) is 5.11 Å². The third kappa shape index (κ3) is 3.71. The maximum Gasteiger partial charge on any atom is 0.222 e. The van der Waals surface area contributed by atoms with E-state index in [4.69, 9.17) is 22.1 Å². The summed E-state index contributed by atoms with van der Waals surface area (Å²) < 4.78 is 5.64. The first-order chi connectivity index (χ1) is 15.4. The Kier molecular flexibility index (Phi) is 5.30. The number of hydrogen-bond donors (Lipinski definition) is 2. The zero-order valence-corrected chi connectivity index (χ0v) is 19.1. The largest absolute Gasteiger partial charge is 0.381 e. The number of ether oxygens (including phenoxy) is 1. The summed E-state index contributed by atoms with van der Waals surface area (Å²) in [5.74, 6) is 6.84. The molecule has 2 aliphatic rings. The van der Waals surface area contributed by atoms with Crippen LogP contribution in [0.4, 0.5) is 17.5 Å². The Bertz CT molecular complexity index is 1210. The lowest BCUT2D eigenvalue weighted by atomic mass is 9.76. The fourth-order valence-electron chi connectivity index (χ4n) is 4.40. The Labute approximate surface area is 195 Å². The van der Waals surface area contributed by atoms with E-state index < -0.39 is 5.60 Å². The molecule has 2 aromatic heterocycles. The first kappa shape index (κ1) is 21.2. The van der Waals surface area contributed by atoms with Gasteiger partial charge in [0.05, 0.1) is 6.20 Å². The zero-order valence-electron chi connectivity index (χ0n) is 17.5. The number of benzene rings is 1. The van der Waals surface area contributed by atoms with Crippen LogP contribution < -0.4 is 10.6 Å². The molecular formula is C23H22ClN5O2S. The molecule has 0 bridgehead atoms. The van der Waals surface area contributed by atoms with Crippen molar-refractivity contribution >= 4 is 40.4 Å². The van der Waals surface area contributed by atoms with Gasteiger partial charge in [-0.05, 0) is 37.5 Å². The summed E-state index contributed by atoms with van der Waals surface area (Å²) >= 11 is 7.85. The first-order valence-electron chi connectivity index (χ1n) is 10.3. The van der Waals surface area contributed by atoms with Crippen LogP contribution >= 0.6 is 22.9 Å². The SMILES string of the molecule is C[C@@](O)(C#Cc1ccc2c(c1)N(c1nc(N)ncc1Cl)CC21CCOCC1)c1nccs1. The van der Waals surface area contributed by atoms with E-state index in [-0.39, 0.29) is 11.4 Å². The van der Waals surface area contributed by atoms with Gasteiger partial charge in [-0.3, -0.25) is 0 Å². The monoisotopic (exact) mass is 467 g/mol. The van der Waals surface area contributed by atoms with Crippen LogP contribution in [0.3, 0.4) is 0 Å². The number of halogens is 1. The van der Waals surface area contributed by atoms with Crippen LogP contribution in [0, 0.1) is 11.8 Å². The van der Waals surface area contributed by atoms with Crippen LogP contribution in [0.25, 0.3) is 0 Å². The number of nitrogens with two attached hydrogens (primary N) is 1. The number of nitrogens with zero attached hydrogens (tertiary/aromatic N) is 4. The van der Waals surface area contributed by atoms with Crippen LogP contribution in [0.15, 0.2) is 36.0 Å². The van der Waals surface area contributed by atoms with Gasteiger partial charge in [-0.1, -0.05) is 29.5 Å². The van der Waals surface area contributed by atoms with Gasteiger partial charge in [0.15, 0.2) is 11.4 Å². The Morgan fingerprint density at radius 2 is 2.12 bits per heavy atom. The van der Waals surface area contributed by atoms with Crippen molar-refractivity contribution in [3.05, 3.63) is 57.1 Å². The van der Waals surface area contributed by atoms with Crippen molar-refractivity contribution in [1.82, 2.24) is 15.0 Å². The summed E-state index contributed by atoms with van der Waals surface area (Å²) in [7, 11) is 0. The Morgan fingerprint density at radius 3 is 2.88 bits per heavy atom. The van der Waals surface area contributed by atoms with Crippen LogP contribution in [0.5, 0.6) is 0 Å². The summed E-state index contributed by atoms with van der Waals surface area (Å²) in [6.07, 6.45) is 5.02. The van der Waals surface area contributed by atoms with Gasteiger partial charge in [0.1, 0.15) is 10.0 Å². The highest BCUT2D eigenvalue weighted by molar-refractivity contribution is 7.09. The standard InChI is InChI=1S/C23H22ClN5O2S/c1-22(30,20-26-8-11-32-20)5-4-15-2-3-16-18(12-15)29(14-23(16)6-9-31-10-7-23)19-17(24)13-27-21(25)28-19/h2-3,8,11-13,30H,6-7,9-10,14H2,1H3,(H2,25,27,28)/t22-/m1/s1. The maximum absolute atomic E-state index is 10.7. The van der Waals surface area contributed by atoms with Crippen LogP contribution in [0.2, 0.25) is 5.02 Å². The number of aromatic nitrogens is 3. The number of fused-ring (bicyclic) bond motifs is 2. The highest BCUT2D eigenvalue weighted by Crippen LogP contribution is 2.50. The average molecular weight is 468 g/mol. The molecule has 2 aliphatic heterocycles. The summed E-state index contributed by atoms with van der Waals surface area (Å²) in [5.41, 5.74) is 7.51. The molecule has 7 nitrogen and oxygen atoms in total. The molecule has 0 saturated carbocycles. The van der Waals surface area contributed by atoms with Gasteiger partial charge in [0.25, 0.3) is 0 Å². The second-order valence-electron chi connectivity index (χ2n) is 8.27. The van der Waals surface area contributed by atoms with Crippen LogP contribution in [-0.2, 0) is 15.8 Å². The fourth-order valence-corrected chi connectivity index (χ4v) is 5.25. The van der Waals surface area contributed by atoms with Crippen LogP contribution in [0.1, 0.15) is 35.9 Å². The predicted molar refractivity (Wildman–Crippen MR) is 125 cm³/mol. The molecule has 5 rings (SSSR count). The summed E-state index contributed by atoms with van der Waals surface area (Å²) in [6.45, 7) is 3.81. The molecule has 32 heavy (non-hydrogen) atoms. The number of aliphatic hydroxyl groups is 1. The lowest BCUT2D eigenvalue weighted by Crippen LogP contribution is -2.37. The van der Waals surface area contributed by atoms with Crippen molar-refractivity contribution in [3.63, 3.8) is 0 Å². The van der Waals surface area contributed by atoms with Gasteiger partial charge in [-0.15, -0.1) is 11.3 Å². The van der Waals surface area contributed by atoms with Gasteiger partial charge in [0.2, 0.25) is 5.95 Å². The van der Waals surface area contributed by atoms with Crippen LogP contribution in [-0.4, -0.2) is 39.8 Å². The molecule has 1 aromatic carbocycles. The number of hydrogen-bond acceptors (Lipinski definition) is 8. The minimum absolute atomic E-state index is 0.0467. The number of rotatable bonds is 2. The predicted octanol–water partition coefficient (Wildman–Crippen LogP) is 3.63. The van der Waals surface area contributed by atoms with Crippen molar-refractivity contribution in [2.75, 3.05) is 30.4 Å². The zero-order chi connectivity index (χ0) is 22.3. The third-order valence-electron chi connectivity index (χ3n) is 6.07. The molecule has 0 unspecified atom stereocenters. The van der Waals surface area contributed by atoms with E-state index in [1.54, 1.807) is 13.1 Å². The number of nitrogen functional groups attached to an aromatic ring is 1. The average Bonchev–Trinajstić information content (AvgIpc) is 3.43. The van der Waals surface area contributed by atoms with Crippen molar-refractivity contribution in [3.8, 4) is 11.8 Å². The van der Waals surface area contributed by atoms with E-state index in [1.807, 2.05) is 17.5 Å². The van der Waals surface area contributed by atoms with E-state index in [0.29, 0.717) is 29.1 Å². The fraction of sp³-hybridized carbons (Fsp3) is 0.348. The highest BCUT2D eigenvalue weighted by atomic mass is 35.5. The van der Waals surface area contributed by atoms with E-state index in [1.165, 1.54) is 23.1 Å². The van der Waals surface area contributed by atoms with Gasteiger partial charge in [0, 0.05) is 48.0 Å². The molecule has 0 radical (unpaired) electrons. The summed E-state index contributed by atoms with van der Waals surface area (Å²) in [4.78, 5) is 14.7. The van der Waals surface area contributed by atoms with Gasteiger partial charge in [-0.25, -0.2) is 9.97 Å². The van der Waals surface area contributed by atoms with Gasteiger partial charge in [-0.2, -0.15) is 4.98 Å². The minimum Gasteiger partial charge on any atom is -0.381 e. The summed E-state index contributed by atoms with van der Waals surface area (Å²) in [6, 6.07) is 6.15. The highest BCUT2D eigenvalue weighted by Gasteiger charge is 2.45. The third-order valence-corrected chi connectivity index (χ3v) is 7.32. The summed E-state index contributed by atoms with van der Waals surface area (Å²) in [5, 5.41) is 13.6. The first-order valence-corrected chi connectivity index (χ1v) is 11.6. The van der Waals surface area contributed by atoms with Crippen molar-refractivity contribution in [1.29, 1.82) is 0 Å². The molecule has 1 spiro atoms. The molecular weight excluding hydrogens is 446 g/mol. The molecule has 4 heterocycles. The maximum atomic E-state index is 10.7. The molecule has 9 heteroatoms. The molecule has 164 valence electrons. The molecule has 0 amide bonds. The Hall–Kier alpha value is -2.70. The van der Waals surface area contributed by atoms with Crippen molar-refractivity contribution in [2.24, 2.45) is 0 Å². The second kappa shape index (κ2) is 8.01. The van der Waals surface area contributed by atoms with Gasteiger partial charge >= 0.3 is 0 Å². The van der Waals surface area contributed by atoms with Crippen molar-refractivity contribution < 1.29 is 9.84 Å². The Morgan fingerprint density at radius 1 is 1.31 bits per heavy atom. The lowest BCUT2D eigenvalue weighted by Gasteiger charge is -2.34. The number of thiazole rings is 1. The molecule has 0 aliphatic carbocycles. The Balaban J connectivity index is 1.58. The lowest BCUT2D eigenvalue weighted by molar-refractivity contribution is 0.0558. The quantitative estimate of drug-likeness (QED) is 0.555. The smallest absolute Gasteiger partial charge is 0.222 e. The topological polar surface area (TPSA) is 97.4 Å². The number of anilines is 3. The molecule has 1 saturated heterocycles. The molecule has 3 N–H and O–H groups in total. The molecule has 1 atom stereocenters. The normalized spacial score (nSPS) is 18.7. The molecule has 3 aromatic rings. The van der Waals surface area contributed by atoms with Crippen molar-refractivity contribution in [2.45, 2.75) is 30.8 Å². The molecule has 1 fully saturated rings. The second-order valence-corrected chi connectivity index (χ2v) is 9.57. The van der Waals surface area contributed by atoms with Gasteiger partial charge < -0.3 is 20.5 Å². The van der Waals surface area contributed by atoms with E-state index >= 15 is 0 Å². The minimum atomic E-state index is -1.32. The van der Waals surface area contributed by atoms with E-state index in [0.717, 1.165) is 30.6 Å².